The van der Waals surface area contributed by atoms with Crippen LogP contribution in [0.5, 0.6) is 5.75 Å². The van der Waals surface area contributed by atoms with Crippen LogP contribution < -0.4 is 10.1 Å². The first-order chi connectivity index (χ1) is 8.63. The van der Waals surface area contributed by atoms with Gasteiger partial charge in [0.1, 0.15) is 5.75 Å². The van der Waals surface area contributed by atoms with Crippen molar-refractivity contribution in [3.05, 3.63) is 29.8 Å². The molecule has 0 spiro atoms. The molecule has 18 heavy (non-hydrogen) atoms. The highest BCUT2D eigenvalue weighted by Crippen LogP contribution is 2.18. The van der Waals surface area contributed by atoms with Gasteiger partial charge in [0, 0.05) is 12.6 Å². The first kappa shape index (κ1) is 15.0. The van der Waals surface area contributed by atoms with E-state index in [0.717, 1.165) is 25.1 Å². The average molecular weight is 251 g/mol. The van der Waals surface area contributed by atoms with E-state index in [9.17, 15) is 0 Å². The van der Waals surface area contributed by atoms with Gasteiger partial charge < -0.3 is 15.2 Å². The first-order valence-electron chi connectivity index (χ1n) is 6.74. The maximum absolute atomic E-state index is 8.71. The minimum atomic E-state index is 0.213. The van der Waals surface area contributed by atoms with Crippen LogP contribution in [0.1, 0.15) is 45.2 Å². The average Bonchev–Trinajstić information content (AvgIpc) is 2.34. The Labute approximate surface area is 110 Å². The minimum Gasteiger partial charge on any atom is -0.491 e. The van der Waals surface area contributed by atoms with Crippen molar-refractivity contribution in [3.8, 4) is 5.75 Å². The van der Waals surface area contributed by atoms with E-state index < -0.39 is 0 Å². The molecular weight excluding hydrogens is 226 g/mol. The van der Waals surface area contributed by atoms with Crippen LogP contribution in [0, 0.1) is 0 Å². The molecule has 0 saturated heterocycles. The lowest BCUT2D eigenvalue weighted by atomic mass is 10.1. The zero-order valence-electron chi connectivity index (χ0n) is 11.6. The van der Waals surface area contributed by atoms with Crippen LogP contribution in [-0.4, -0.2) is 24.4 Å². The predicted molar refractivity (Wildman–Crippen MR) is 74.9 cm³/mol. The lowest BCUT2D eigenvalue weighted by Gasteiger charge is -2.15. The highest BCUT2D eigenvalue weighted by molar-refractivity contribution is 5.29. The van der Waals surface area contributed by atoms with Crippen molar-refractivity contribution in [2.45, 2.75) is 45.8 Å². The van der Waals surface area contributed by atoms with Crippen LogP contribution in [0.2, 0.25) is 0 Å². The van der Waals surface area contributed by atoms with Crippen molar-refractivity contribution >= 4 is 0 Å². The van der Waals surface area contributed by atoms with E-state index in [1.165, 1.54) is 5.56 Å². The second-order valence-electron chi connectivity index (χ2n) is 4.84. The molecule has 2 N–H and O–H groups in total. The highest BCUT2D eigenvalue weighted by Gasteiger charge is 2.05. The maximum atomic E-state index is 8.71. The fourth-order valence-corrected chi connectivity index (χ4v) is 1.78. The van der Waals surface area contributed by atoms with Gasteiger partial charge in [0.05, 0.1) is 6.10 Å². The normalized spacial score (nSPS) is 12.7. The number of aliphatic hydroxyl groups is 1. The van der Waals surface area contributed by atoms with E-state index in [0.29, 0.717) is 6.04 Å². The molecule has 0 aliphatic carbocycles. The molecule has 3 heteroatoms. The summed E-state index contributed by atoms with van der Waals surface area (Å²) in [6.07, 6.45) is 2.08. The summed E-state index contributed by atoms with van der Waals surface area (Å²) in [6.45, 7) is 7.42. The third-order valence-electron chi connectivity index (χ3n) is 2.79. The van der Waals surface area contributed by atoms with Gasteiger partial charge in [-0.1, -0.05) is 12.1 Å². The van der Waals surface area contributed by atoms with Gasteiger partial charge in [-0.2, -0.15) is 0 Å². The molecule has 1 unspecified atom stereocenters. The van der Waals surface area contributed by atoms with Crippen LogP contribution in [0.3, 0.4) is 0 Å². The quantitative estimate of drug-likeness (QED) is 0.698. The molecule has 0 saturated carbocycles. The molecule has 0 bridgehead atoms. The van der Waals surface area contributed by atoms with Crippen LogP contribution >= 0.6 is 0 Å². The number of aliphatic hydroxyl groups excluding tert-OH is 1. The molecule has 0 aromatic heterocycles. The van der Waals surface area contributed by atoms with Crippen molar-refractivity contribution < 1.29 is 9.84 Å². The monoisotopic (exact) mass is 251 g/mol. The van der Waals surface area contributed by atoms with Gasteiger partial charge in [-0.3, -0.25) is 0 Å². The summed E-state index contributed by atoms with van der Waals surface area (Å²) in [5, 5.41) is 12.2. The fourth-order valence-electron chi connectivity index (χ4n) is 1.78. The summed E-state index contributed by atoms with van der Waals surface area (Å²) in [4.78, 5) is 0. The highest BCUT2D eigenvalue weighted by atomic mass is 16.5. The lowest BCUT2D eigenvalue weighted by Crippen LogP contribution is -2.20. The number of rotatable bonds is 8. The molecule has 0 aliphatic heterocycles. The predicted octanol–water partition coefficient (Wildman–Crippen LogP) is 2.90. The summed E-state index contributed by atoms with van der Waals surface area (Å²) in [5.74, 6) is 0.918. The Balaban J connectivity index is 2.41. The van der Waals surface area contributed by atoms with Crippen molar-refractivity contribution in [1.82, 2.24) is 5.32 Å². The van der Waals surface area contributed by atoms with Gasteiger partial charge in [-0.05, 0) is 57.9 Å². The van der Waals surface area contributed by atoms with Crippen molar-refractivity contribution in [2.24, 2.45) is 0 Å². The third-order valence-corrected chi connectivity index (χ3v) is 2.79. The van der Waals surface area contributed by atoms with E-state index in [1.807, 2.05) is 26.0 Å². The Morgan fingerprint density at radius 2 is 1.78 bits per heavy atom. The Kier molecular flexibility index (Phi) is 6.76. The fraction of sp³-hybridized carbons (Fsp3) is 0.600. The summed E-state index contributed by atoms with van der Waals surface area (Å²) in [6, 6.07) is 8.56. The lowest BCUT2D eigenvalue weighted by molar-refractivity contribution is 0.242. The second-order valence-corrected chi connectivity index (χ2v) is 4.84. The second kappa shape index (κ2) is 8.11. The molecule has 1 atom stereocenters. The van der Waals surface area contributed by atoms with Gasteiger partial charge in [-0.15, -0.1) is 0 Å². The number of nitrogens with one attached hydrogen (secondary N) is 1. The Bertz CT molecular complexity index is 322. The molecule has 0 heterocycles. The summed E-state index contributed by atoms with van der Waals surface area (Å²) in [7, 11) is 0. The van der Waals surface area contributed by atoms with Crippen LogP contribution in [-0.2, 0) is 0 Å². The largest absolute Gasteiger partial charge is 0.491 e. The molecule has 102 valence electrons. The van der Waals surface area contributed by atoms with Crippen molar-refractivity contribution in [3.63, 3.8) is 0 Å². The molecule has 0 amide bonds. The van der Waals surface area contributed by atoms with Crippen LogP contribution in [0.4, 0.5) is 0 Å². The topological polar surface area (TPSA) is 41.5 Å². The van der Waals surface area contributed by atoms with Crippen LogP contribution in [0.25, 0.3) is 0 Å². The number of ether oxygens (including phenoxy) is 1. The van der Waals surface area contributed by atoms with Gasteiger partial charge in [0.15, 0.2) is 0 Å². The Morgan fingerprint density at radius 3 is 2.33 bits per heavy atom. The van der Waals surface area contributed by atoms with E-state index >= 15 is 0 Å². The number of hydrogen-bond donors (Lipinski definition) is 2. The molecule has 0 radical (unpaired) electrons. The number of hydrogen-bond acceptors (Lipinski definition) is 3. The number of unbranched alkanes of at least 4 members (excludes halogenated alkanes) is 1. The summed E-state index contributed by atoms with van der Waals surface area (Å²) in [5.41, 5.74) is 1.26. The van der Waals surface area contributed by atoms with E-state index in [4.69, 9.17) is 9.84 Å². The van der Waals surface area contributed by atoms with Gasteiger partial charge in [0.25, 0.3) is 0 Å². The molecular formula is C15H25NO2. The smallest absolute Gasteiger partial charge is 0.119 e. The first-order valence-corrected chi connectivity index (χ1v) is 6.74. The van der Waals surface area contributed by atoms with Crippen molar-refractivity contribution in [2.75, 3.05) is 13.2 Å². The molecule has 0 aliphatic rings. The van der Waals surface area contributed by atoms with E-state index in [2.05, 4.69) is 24.4 Å². The van der Waals surface area contributed by atoms with E-state index in [-0.39, 0.29) is 12.7 Å². The molecule has 1 rings (SSSR count). The Morgan fingerprint density at radius 1 is 1.11 bits per heavy atom. The minimum absolute atomic E-state index is 0.213. The molecule has 3 nitrogen and oxygen atoms in total. The maximum Gasteiger partial charge on any atom is 0.119 e. The zero-order chi connectivity index (χ0) is 13.4. The molecule has 1 aromatic rings. The van der Waals surface area contributed by atoms with E-state index in [1.54, 1.807) is 0 Å². The van der Waals surface area contributed by atoms with Gasteiger partial charge >= 0.3 is 0 Å². The third kappa shape index (κ3) is 5.52. The van der Waals surface area contributed by atoms with Crippen molar-refractivity contribution in [1.29, 1.82) is 0 Å². The molecule has 1 aromatic carbocycles. The number of benzene rings is 1. The SMILES string of the molecule is CC(C)Oc1ccc(C(C)NCCCCO)cc1. The van der Waals surface area contributed by atoms with Crippen LogP contribution in [0.15, 0.2) is 24.3 Å². The molecule has 0 fully saturated rings. The van der Waals surface area contributed by atoms with Gasteiger partial charge in [-0.25, -0.2) is 0 Å². The standard InChI is InChI=1S/C15H25NO2/c1-12(2)18-15-8-6-14(7-9-15)13(3)16-10-4-5-11-17/h6-9,12-13,16-17H,4-5,10-11H2,1-3H3. The van der Waals surface area contributed by atoms with Gasteiger partial charge in [0.2, 0.25) is 0 Å². The summed E-state index contributed by atoms with van der Waals surface area (Å²) >= 11 is 0. The Hall–Kier alpha value is -1.06. The summed E-state index contributed by atoms with van der Waals surface area (Å²) < 4.78 is 5.61. The zero-order valence-corrected chi connectivity index (χ0v) is 11.6.